The van der Waals surface area contributed by atoms with Crippen molar-refractivity contribution in [3.05, 3.63) is 22.4 Å². The molecule has 1 aromatic heterocycles. The molecule has 2 atom stereocenters. The van der Waals surface area contributed by atoms with Crippen molar-refractivity contribution in [3.63, 3.8) is 0 Å². The minimum absolute atomic E-state index is 0.181. The van der Waals surface area contributed by atoms with Crippen LogP contribution in [0.25, 0.3) is 0 Å². The molecule has 124 valence electrons. The average molecular weight is 333 g/mol. The Morgan fingerprint density at radius 3 is 2.78 bits per heavy atom. The van der Waals surface area contributed by atoms with Crippen LogP contribution in [0.3, 0.4) is 0 Å². The second-order valence-electron chi connectivity index (χ2n) is 6.92. The molecular weight excluding hydrogens is 310 g/mol. The largest absolute Gasteiger partial charge is 0.352 e. The van der Waals surface area contributed by atoms with Gasteiger partial charge in [-0.05, 0) is 43.2 Å². The molecular formula is C17H23N3O2S. The van der Waals surface area contributed by atoms with Crippen LogP contribution >= 0.6 is 11.3 Å². The maximum absolute atomic E-state index is 12.4. The van der Waals surface area contributed by atoms with E-state index in [9.17, 15) is 9.59 Å². The highest BCUT2D eigenvalue weighted by molar-refractivity contribution is 7.12. The second-order valence-corrected chi connectivity index (χ2v) is 7.87. The maximum Gasteiger partial charge on any atom is 0.263 e. The van der Waals surface area contributed by atoms with E-state index in [1.54, 1.807) is 0 Å². The van der Waals surface area contributed by atoms with Crippen LogP contribution in [-0.2, 0) is 4.79 Å². The molecule has 2 amide bonds. The normalized spacial score (nSPS) is 29.4. The Morgan fingerprint density at radius 1 is 1.22 bits per heavy atom. The highest BCUT2D eigenvalue weighted by Crippen LogP contribution is 2.29. The summed E-state index contributed by atoms with van der Waals surface area (Å²) >= 11 is 1.52. The number of hydrogen-bond donors (Lipinski definition) is 1. The summed E-state index contributed by atoms with van der Waals surface area (Å²) in [5.74, 6) is 0.942. The zero-order chi connectivity index (χ0) is 15.8. The number of likely N-dealkylation sites (tertiary alicyclic amines) is 2. The SMILES string of the molecule is O=C1C[C@H]2CCN(C3CCN(C(=O)c4cccs4)CC3)C[C@H]2N1. The van der Waals surface area contributed by atoms with Gasteiger partial charge in [0, 0.05) is 38.1 Å². The molecule has 1 aromatic rings. The third kappa shape index (κ3) is 3.02. The Bertz CT molecular complexity index is 581. The first-order chi connectivity index (χ1) is 11.2. The highest BCUT2D eigenvalue weighted by atomic mass is 32.1. The predicted octanol–water partition coefficient (Wildman–Crippen LogP) is 1.56. The fraction of sp³-hybridized carbons (Fsp3) is 0.647. The van der Waals surface area contributed by atoms with Gasteiger partial charge in [-0.1, -0.05) is 6.07 Å². The number of nitrogens with zero attached hydrogens (tertiary/aromatic N) is 2. The smallest absolute Gasteiger partial charge is 0.263 e. The molecule has 6 heteroatoms. The van der Waals surface area contributed by atoms with Gasteiger partial charge in [-0.2, -0.15) is 0 Å². The van der Waals surface area contributed by atoms with E-state index in [2.05, 4.69) is 10.2 Å². The number of piperidine rings is 2. The fourth-order valence-corrected chi connectivity index (χ4v) is 4.95. The van der Waals surface area contributed by atoms with Gasteiger partial charge in [0.1, 0.15) is 0 Å². The summed E-state index contributed by atoms with van der Waals surface area (Å²) in [5, 5.41) is 5.09. The van der Waals surface area contributed by atoms with E-state index in [-0.39, 0.29) is 11.8 Å². The van der Waals surface area contributed by atoms with Crippen LogP contribution in [0.5, 0.6) is 0 Å². The van der Waals surface area contributed by atoms with Crippen molar-refractivity contribution in [2.75, 3.05) is 26.2 Å². The molecule has 3 aliphatic rings. The van der Waals surface area contributed by atoms with Crippen molar-refractivity contribution >= 4 is 23.2 Å². The molecule has 4 heterocycles. The van der Waals surface area contributed by atoms with E-state index < -0.39 is 0 Å². The molecule has 0 spiro atoms. The molecule has 0 aliphatic carbocycles. The van der Waals surface area contributed by atoms with Crippen LogP contribution in [-0.4, -0.2) is 59.9 Å². The van der Waals surface area contributed by atoms with E-state index in [0.29, 0.717) is 24.4 Å². The van der Waals surface area contributed by atoms with Gasteiger partial charge in [0.05, 0.1) is 4.88 Å². The van der Waals surface area contributed by atoms with Gasteiger partial charge in [0.25, 0.3) is 5.91 Å². The van der Waals surface area contributed by atoms with Gasteiger partial charge >= 0.3 is 0 Å². The maximum atomic E-state index is 12.4. The van der Waals surface area contributed by atoms with Gasteiger partial charge in [-0.3, -0.25) is 14.5 Å². The monoisotopic (exact) mass is 333 g/mol. The Kier molecular flexibility index (Phi) is 4.11. The average Bonchev–Trinajstić information content (AvgIpc) is 3.22. The number of carbonyl (C=O) groups is 2. The summed E-state index contributed by atoms with van der Waals surface area (Å²) in [5.41, 5.74) is 0. The number of rotatable bonds is 2. The number of carbonyl (C=O) groups excluding carboxylic acids is 2. The molecule has 0 unspecified atom stereocenters. The van der Waals surface area contributed by atoms with Gasteiger partial charge in [-0.25, -0.2) is 0 Å². The summed E-state index contributed by atoms with van der Waals surface area (Å²) in [6.45, 7) is 3.77. The molecule has 4 rings (SSSR count). The van der Waals surface area contributed by atoms with Crippen molar-refractivity contribution < 1.29 is 9.59 Å². The lowest BCUT2D eigenvalue weighted by atomic mass is 9.90. The molecule has 0 saturated carbocycles. The van der Waals surface area contributed by atoms with Crippen LogP contribution in [0.4, 0.5) is 0 Å². The van der Waals surface area contributed by atoms with Crippen molar-refractivity contribution in [1.82, 2.24) is 15.1 Å². The van der Waals surface area contributed by atoms with E-state index in [4.69, 9.17) is 0 Å². The minimum atomic E-state index is 0.181. The first-order valence-electron chi connectivity index (χ1n) is 8.57. The number of nitrogens with one attached hydrogen (secondary N) is 1. The molecule has 0 radical (unpaired) electrons. The minimum Gasteiger partial charge on any atom is -0.352 e. The van der Waals surface area contributed by atoms with Gasteiger partial charge < -0.3 is 10.2 Å². The Hall–Kier alpha value is -1.40. The van der Waals surface area contributed by atoms with E-state index in [1.807, 2.05) is 22.4 Å². The zero-order valence-electron chi connectivity index (χ0n) is 13.2. The predicted molar refractivity (Wildman–Crippen MR) is 89.5 cm³/mol. The Balaban J connectivity index is 1.31. The summed E-state index contributed by atoms with van der Waals surface area (Å²) in [6, 6.07) is 4.75. The summed E-state index contributed by atoms with van der Waals surface area (Å²) in [6.07, 6.45) is 3.93. The Labute approximate surface area is 140 Å². The third-order valence-electron chi connectivity index (χ3n) is 5.58. The number of hydrogen-bond acceptors (Lipinski definition) is 4. The lowest BCUT2D eigenvalue weighted by Crippen LogP contribution is -2.53. The molecule has 0 bridgehead atoms. The van der Waals surface area contributed by atoms with Crippen LogP contribution < -0.4 is 5.32 Å². The first-order valence-corrected chi connectivity index (χ1v) is 9.45. The van der Waals surface area contributed by atoms with Gasteiger partial charge in [0.15, 0.2) is 0 Å². The summed E-state index contributed by atoms with van der Waals surface area (Å²) < 4.78 is 0. The topological polar surface area (TPSA) is 52.7 Å². The summed E-state index contributed by atoms with van der Waals surface area (Å²) in [7, 11) is 0. The van der Waals surface area contributed by atoms with Crippen LogP contribution in [0.15, 0.2) is 17.5 Å². The van der Waals surface area contributed by atoms with Crippen molar-refractivity contribution in [3.8, 4) is 0 Å². The summed E-state index contributed by atoms with van der Waals surface area (Å²) in [4.78, 5) is 29.3. The lowest BCUT2D eigenvalue weighted by molar-refractivity contribution is -0.119. The lowest BCUT2D eigenvalue weighted by Gasteiger charge is -2.43. The van der Waals surface area contributed by atoms with Crippen molar-refractivity contribution in [1.29, 1.82) is 0 Å². The first kappa shape index (κ1) is 15.1. The van der Waals surface area contributed by atoms with Crippen molar-refractivity contribution in [2.24, 2.45) is 5.92 Å². The third-order valence-corrected chi connectivity index (χ3v) is 6.44. The van der Waals surface area contributed by atoms with E-state index in [1.165, 1.54) is 11.3 Å². The molecule has 3 fully saturated rings. The standard InChI is InChI=1S/C17H23N3O2S/c21-16-10-12-3-6-20(11-14(12)18-16)13-4-7-19(8-5-13)17(22)15-2-1-9-23-15/h1-2,9,12-14H,3-8,10-11H2,(H,18,21)/t12-,14-/m1/s1. The fourth-order valence-electron chi connectivity index (χ4n) is 4.26. The molecule has 23 heavy (non-hydrogen) atoms. The van der Waals surface area contributed by atoms with Gasteiger partial charge in [0.2, 0.25) is 5.91 Å². The highest BCUT2D eigenvalue weighted by Gasteiger charge is 2.39. The molecule has 5 nitrogen and oxygen atoms in total. The number of amides is 2. The van der Waals surface area contributed by atoms with Crippen LogP contribution in [0, 0.1) is 5.92 Å². The quantitative estimate of drug-likeness (QED) is 0.894. The van der Waals surface area contributed by atoms with Crippen molar-refractivity contribution in [2.45, 2.75) is 37.8 Å². The Morgan fingerprint density at radius 2 is 2.04 bits per heavy atom. The van der Waals surface area contributed by atoms with Gasteiger partial charge in [-0.15, -0.1) is 11.3 Å². The molecule has 3 saturated heterocycles. The van der Waals surface area contributed by atoms with Crippen LogP contribution in [0.1, 0.15) is 35.4 Å². The second kappa shape index (κ2) is 6.24. The zero-order valence-corrected chi connectivity index (χ0v) is 14.1. The van der Waals surface area contributed by atoms with E-state index in [0.717, 1.165) is 50.3 Å². The number of fused-ring (bicyclic) bond motifs is 1. The number of thiophene rings is 1. The van der Waals surface area contributed by atoms with Crippen LogP contribution in [0.2, 0.25) is 0 Å². The molecule has 1 N–H and O–H groups in total. The van der Waals surface area contributed by atoms with E-state index >= 15 is 0 Å². The molecule has 0 aromatic carbocycles. The molecule has 3 aliphatic heterocycles.